The topological polar surface area (TPSA) is 54.4 Å². The van der Waals surface area contributed by atoms with Crippen molar-refractivity contribution in [2.24, 2.45) is 0 Å². The van der Waals surface area contributed by atoms with Gasteiger partial charge in [-0.3, -0.25) is 11.4 Å². The molecular formula is C6H8O3Y-2. The van der Waals surface area contributed by atoms with Crippen LogP contribution in [0.15, 0.2) is 6.08 Å². The molecule has 10 heavy (non-hydrogen) atoms. The molecule has 0 aliphatic rings. The smallest absolute Gasteiger partial charge is 0.290 e. The van der Waals surface area contributed by atoms with Crippen LogP contribution in [0.1, 0.15) is 6.92 Å². The van der Waals surface area contributed by atoms with Crippen LogP contribution < -0.4 is 0 Å². The van der Waals surface area contributed by atoms with Crippen LogP contribution in [0.4, 0.5) is 0 Å². The summed E-state index contributed by atoms with van der Waals surface area (Å²) in [4.78, 5) is 19.2. The summed E-state index contributed by atoms with van der Waals surface area (Å²) < 4.78 is 0. The molecule has 0 saturated heterocycles. The van der Waals surface area contributed by atoms with Crippen LogP contribution in [0.25, 0.3) is 0 Å². The predicted octanol–water partition coefficient (Wildman–Crippen LogP) is 0.467. The molecule has 0 aromatic heterocycles. The van der Waals surface area contributed by atoms with Gasteiger partial charge in [0, 0.05) is 32.7 Å². The minimum atomic E-state index is -1.53. The fourth-order valence-electron chi connectivity index (χ4n) is 0.0713. The first-order chi connectivity index (χ1) is 4.18. The van der Waals surface area contributed by atoms with E-state index in [9.17, 15) is 9.59 Å². The Morgan fingerprint density at radius 2 is 1.80 bits per heavy atom. The van der Waals surface area contributed by atoms with Gasteiger partial charge >= 0.3 is 0 Å². The van der Waals surface area contributed by atoms with Crippen LogP contribution in [0.3, 0.4) is 0 Å². The number of carbonyl (C=O) groups is 2. The molecule has 0 aromatic rings. The molecule has 0 saturated carbocycles. The second-order valence-electron chi connectivity index (χ2n) is 0.836. The minimum absolute atomic E-state index is 0. The first kappa shape index (κ1) is 16.5. The summed E-state index contributed by atoms with van der Waals surface area (Å²) in [7, 11) is 0. The maximum absolute atomic E-state index is 9.73. The molecule has 1 N–H and O–H groups in total. The fraction of sp³-hybridized carbons (Fsp3) is 0.167. The molecule has 1 radical (unpaired) electrons. The Kier molecular flexibility index (Phi) is 19.4. The summed E-state index contributed by atoms with van der Waals surface area (Å²) >= 11 is 0. The van der Waals surface area contributed by atoms with Crippen molar-refractivity contribution in [3.05, 3.63) is 19.6 Å². The SMILES string of the molecule is [CH-]=CC(=O)C(=O)O.[CH2-]C.[Y]. The van der Waals surface area contributed by atoms with E-state index in [-0.39, 0.29) is 32.7 Å². The van der Waals surface area contributed by atoms with Crippen molar-refractivity contribution < 1.29 is 47.4 Å². The molecule has 0 atom stereocenters. The van der Waals surface area contributed by atoms with Gasteiger partial charge < -0.3 is 16.8 Å². The van der Waals surface area contributed by atoms with Crippen molar-refractivity contribution in [2.75, 3.05) is 0 Å². The average Bonchev–Trinajstić information content (AvgIpc) is 1.91. The summed E-state index contributed by atoms with van der Waals surface area (Å²) in [5, 5.41) is 7.72. The van der Waals surface area contributed by atoms with Gasteiger partial charge in [-0.15, -0.1) is 0 Å². The van der Waals surface area contributed by atoms with E-state index in [1.807, 2.05) is 0 Å². The van der Waals surface area contributed by atoms with Crippen molar-refractivity contribution in [1.82, 2.24) is 0 Å². The van der Waals surface area contributed by atoms with Crippen molar-refractivity contribution in [1.29, 1.82) is 0 Å². The summed E-state index contributed by atoms with van der Waals surface area (Å²) in [6, 6.07) is 0. The fourth-order valence-corrected chi connectivity index (χ4v) is 0.0713. The van der Waals surface area contributed by atoms with Crippen LogP contribution in [0.2, 0.25) is 0 Å². The zero-order chi connectivity index (χ0) is 7.86. The molecule has 0 unspecified atom stereocenters. The Balaban J connectivity index is -0.000000149. The van der Waals surface area contributed by atoms with Gasteiger partial charge in [0.05, 0.1) is 0 Å². The first-order valence-corrected chi connectivity index (χ1v) is 2.21. The normalized spacial score (nSPS) is 5.80. The molecule has 0 rings (SSSR count). The number of hydrogen-bond donors (Lipinski definition) is 1. The summed E-state index contributed by atoms with van der Waals surface area (Å²) in [5.74, 6) is -2.61. The molecule has 0 amide bonds. The van der Waals surface area contributed by atoms with Gasteiger partial charge in [-0.2, -0.15) is 13.0 Å². The Morgan fingerprint density at radius 1 is 1.50 bits per heavy atom. The molecule has 0 bridgehead atoms. The minimum Gasteiger partial charge on any atom is -0.489 e. The molecule has 55 valence electrons. The van der Waals surface area contributed by atoms with E-state index in [0.29, 0.717) is 6.08 Å². The average molecular weight is 217 g/mol. The number of aliphatic carboxylic acids is 1. The number of hydrogen-bond acceptors (Lipinski definition) is 2. The van der Waals surface area contributed by atoms with Crippen molar-refractivity contribution >= 4 is 11.8 Å². The van der Waals surface area contributed by atoms with E-state index in [0.717, 1.165) is 0 Å². The third-order valence-electron chi connectivity index (χ3n) is 0.362. The third-order valence-corrected chi connectivity index (χ3v) is 0.362. The molecule has 3 nitrogen and oxygen atoms in total. The van der Waals surface area contributed by atoms with Crippen LogP contribution >= 0.6 is 0 Å². The Morgan fingerprint density at radius 3 is 1.80 bits per heavy atom. The molecular weight excluding hydrogens is 209 g/mol. The number of carboxylic acid groups (broad SMARTS) is 1. The van der Waals surface area contributed by atoms with Crippen molar-refractivity contribution in [2.45, 2.75) is 6.92 Å². The molecule has 4 heteroatoms. The summed E-state index contributed by atoms with van der Waals surface area (Å²) in [5.41, 5.74) is 0. The van der Waals surface area contributed by atoms with Gasteiger partial charge in [0.2, 0.25) is 0 Å². The van der Waals surface area contributed by atoms with E-state index < -0.39 is 11.8 Å². The number of carboxylic acids is 1. The zero-order valence-electron chi connectivity index (χ0n) is 5.70. The molecule has 0 fully saturated rings. The van der Waals surface area contributed by atoms with Crippen LogP contribution in [-0.4, -0.2) is 16.9 Å². The maximum atomic E-state index is 9.73. The predicted molar refractivity (Wildman–Crippen MR) is 32.5 cm³/mol. The van der Waals surface area contributed by atoms with Gasteiger partial charge in [0.25, 0.3) is 5.97 Å². The third kappa shape index (κ3) is 10.9. The quantitative estimate of drug-likeness (QED) is 0.415. The van der Waals surface area contributed by atoms with Gasteiger partial charge in [-0.25, -0.2) is 0 Å². The largest absolute Gasteiger partial charge is 0.489 e. The number of ketones is 1. The van der Waals surface area contributed by atoms with Crippen LogP contribution in [0.5, 0.6) is 0 Å². The maximum Gasteiger partial charge on any atom is 0.290 e. The molecule has 0 aromatic carbocycles. The van der Waals surface area contributed by atoms with Crippen LogP contribution in [-0.2, 0) is 42.3 Å². The van der Waals surface area contributed by atoms with Crippen molar-refractivity contribution in [3.63, 3.8) is 0 Å². The summed E-state index contributed by atoms with van der Waals surface area (Å²) in [6.07, 6.45) is 0.502. The Hall–Kier alpha value is -0.0161. The van der Waals surface area contributed by atoms with E-state index in [2.05, 4.69) is 13.5 Å². The van der Waals surface area contributed by atoms with E-state index in [1.165, 1.54) is 0 Å². The van der Waals surface area contributed by atoms with Gasteiger partial charge in [-0.05, 0) is 0 Å². The van der Waals surface area contributed by atoms with E-state index in [4.69, 9.17) is 5.11 Å². The monoisotopic (exact) mass is 217 g/mol. The second-order valence-corrected chi connectivity index (χ2v) is 0.836. The molecule has 0 aliphatic carbocycles. The standard InChI is InChI=1S/C4H3O3.C2H5.Y/c1-2-3(5)4(6)7;1-2;/h1-2H,(H,6,7);1H2,2H3;/q2*-1;. The Bertz CT molecular complexity index is 120. The first-order valence-electron chi connectivity index (χ1n) is 2.21. The molecule has 0 aliphatic heterocycles. The van der Waals surface area contributed by atoms with Gasteiger partial charge in [0.15, 0.2) is 0 Å². The molecule has 0 heterocycles. The molecule has 0 spiro atoms. The second kappa shape index (κ2) is 11.7. The summed E-state index contributed by atoms with van der Waals surface area (Å²) in [6.45, 7) is 9.52. The number of carbonyl (C=O) groups excluding carboxylic acids is 1. The zero-order valence-corrected chi connectivity index (χ0v) is 8.54. The van der Waals surface area contributed by atoms with E-state index in [1.54, 1.807) is 6.92 Å². The Labute approximate surface area is 85.4 Å². The van der Waals surface area contributed by atoms with Crippen LogP contribution in [0, 0.1) is 13.5 Å². The van der Waals surface area contributed by atoms with Gasteiger partial charge in [-0.1, -0.05) is 0 Å². The van der Waals surface area contributed by atoms with Gasteiger partial charge in [0.1, 0.15) is 5.78 Å². The van der Waals surface area contributed by atoms with E-state index >= 15 is 0 Å². The van der Waals surface area contributed by atoms with Crippen molar-refractivity contribution in [3.8, 4) is 0 Å². The number of rotatable bonds is 2.